The van der Waals surface area contributed by atoms with Gasteiger partial charge in [0.05, 0.1) is 5.56 Å². The minimum Gasteiger partial charge on any atom is -0.322 e. The molecule has 0 bridgehead atoms. The Kier molecular flexibility index (Phi) is 6.15. The summed E-state index contributed by atoms with van der Waals surface area (Å²) in [6, 6.07) is 15.1. The van der Waals surface area contributed by atoms with Crippen LogP contribution in [0.3, 0.4) is 0 Å². The summed E-state index contributed by atoms with van der Waals surface area (Å²) >= 11 is 11.0. The van der Waals surface area contributed by atoms with Crippen LogP contribution in [0.1, 0.15) is 26.4 Å². The number of halogens is 2. The quantitative estimate of drug-likeness (QED) is 0.447. The zero-order valence-electron chi connectivity index (χ0n) is 15.8. The van der Waals surface area contributed by atoms with Crippen molar-refractivity contribution >= 4 is 61.7 Å². The monoisotopic (exact) mass is 487 g/mol. The molecule has 1 aliphatic heterocycles. The smallest absolute Gasteiger partial charge is 0.259 e. The highest BCUT2D eigenvalue weighted by Crippen LogP contribution is 2.39. The van der Waals surface area contributed by atoms with Crippen LogP contribution in [-0.2, 0) is 13.0 Å². The van der Waals surface area contributed by atoms with Gasteiger partial charge in [-0.3, -0.25) is 4.79 Å². The lowest BCUT2D eigenvalue weighted by Gasteiger charge is -2.22. The minimum absolute atomic E-state index is 0.127. The van der Waals surface area contributed by atoms with Crippen LogP contribution in [0.5, 0.6) is 0 Å². The molecule has 0 unspecified atom stereocenters. The van der Waals surface area contributed by atoms with E-state index >= 15 is 0 Å². The largest absolute Gasteiger partial charge is 0.322 e. The maximum Gasteiger partial charge on any atom is 0.259 e. The molecule has 1 N–H and O–H groups in total. The van der Waals surface area contributed by atoms with Gasteiger partial charge in [0, 0.05) is 39.4 Å². The molecule has 4 rings (SSSR count). The number of likely N-dealkylation sites (N-methyl/N-ethyl adjacent to an activating group) is 1. The van der Waals surface area contributed by atoms with Crippen LogP contribution in [0.2, 0.25) is 5.02 Å². The highest BCUT2D eigenvalue weighted by molar-refractivity contribution is 9.10. The van der Waals surface area contributed by atoms with Crippen LogP contribution in [0.15, 0.2) is 58.0 Å². The summed E-state index contributed by atoms with van der Waals surface area (Å²) in [6.45, 7) is 1.77. The number of carbonyl (C=O) groups is 1. The second-order valence-corrected chi connectivity index (χ2v) is 9.38. The minimum atomic E-state index is -0.127. The molecule has 1 aromatic heterocycles. The Bertz CT molecular complexity index is 1060. The summed E-state index contributed by atoms with van der Waals surface area (Å²) < 4.78 is 1.02. The molecule has 0 aliphatic carbocycles. The van der Waals surface area contributed by atoms with Crippen LogP contribution in [0.25, 0.3) is 0 Å². The second kappa shape index (κ2) is 8.79. The van der Waals surface area contributed by atoms with Crippen molar-refractivity contribution in [3.05, 3.63) is 79.6 Å². The molecular formula is C22H19BrClN3OS. The van der Waals surface area contributed by atoms with E-state index < -0.39 is 0 Å². The number of thiophene rings is 1. The van der Waals surface area contributed by atoms with E-state index in [1.54, 1.807) is 35.6 Å². The van der Waals surface area contributed by atoms with Gasteiger partial charge in [-0.25, -0.2) is 4.99 Å². The van der Waals surface area contributed by atoms with Gasteiger partial charge in [0.2, 0.25) is 0 Å². The average molecular weight is 489 g/mol. The normalized spacial score (nSPS) is 14.2. The highest BCUT2D eigenvalue weighted by Gasteiger charge is 2.26. The number of anilines is 1. The number of hydrogen-bond acceptors (Lipinski definition) is 4. The van der Waals surface area contributed by atoms with E-state index in [-0.39, 0.29) is 5.91 Å². The second-order valence-electron chi connectivity index (χ2n) is 6.94. The number of rotatable bonds is 4. The first-order valence-electron chi connectivity index (χ1n) is 9.19. The fraction of sp³-hybridized carbons (Fsp3) is 0.182. The molecule has 148 valence electrons. The van der Waals surface area contributed by atoms with Crippen molar-refractivity contribution in [2.75, 3.05) is 18.9 Å². The van der Waals surface area contributed by atoms with E-state index in [9.17, 15) is 4.79 Å². The Hall–Kier alpha value is -1.99. The molecule has 0 saturated carbocycles. The number of aliphatic imine (C=N–C) groups is 1. The van der Waals surface area contributed by atoms with E-state index in [1.165, 1.54) is 4.88 Å². The number of amides is 1. The fourth-order valence-corrected chi connectivity index (χ4v) is 4.91. The third kappa shape index (κ3) is 4.78. The fourth-order valence-electron chi connectivity index (χ4n) is 3.25. The van der Waals surface area contributed by atoms with E-state index in [2.05, 4.69) is 33.2 Å². The van der Waals surface area contributed by atoms with Crippen molar-refractivity contribution < 1.29 is 4.79 Å². The first-order valence-corrected chi connectivity index (χ1v) is 11.2. The van der Waals surface area contributed by atoms with Crippen LogP contribution >= 0.6 is 38.9 Å². The summed E-state index contributed by atoms with van der Waals surface area (Å²) in [6.07, 6.45) is 2.66. The molecule has 1 amide bonds. The average Bonchev–Trinajstić information content (AvgIpc) is 3.06. The highest BCUT2D eigenvalue weighted by atomic mass is 79.9. The number of fused-ring (bicyclic) bond motifs is 1. The van der Waals surface area contributed by atoms with Crippen molar-refractivity contribution in [1.82, 2.24) is 4.90 Å². The Morgan fingerprint density at radius 3 is 2.66 bits per heavy atom. The first-order chi connectivity index (χ1) is 14.0. The SMILES string of the molecule is CN1CCc2c(sc(N=Cc3ccc(Br)cc3)c2C(=O)Nc2ccc(Cl)cc2)C1. The van der Waals surface area contributed by atoms with Gasteiger partial charge in [-0.15, -0.1) is 11.3 Å². The van der Waals surface area contributed by atoms with Crippen LogP contribution < -0.4 is 5.32 Å². The summed E-state index contributed by atoms with van der Waals surface area (Å²) in [4.78, 5) is 21.3. The Morgan fingerprint density at radius 1 is 1.21 bits per heavy atom. The summed E-state index contributed by atoms with van der Waals surface area (Å²) in [5, 5.41) is 4.38. The van der Waals surface area contributed by atoms with Crippen LogP contribution in [0, 0.1) is 0 Å². The van der Waals surface area contributed by atoms with Crippen molar-refractivity contribution in [3.8, 4) is 0 Å². The first kappa shape index (κ1) is 20.3. The van der Waals surface area contributed by atoms with Gasteiger partial charge in [-0.05, 0) is 61.0 Å². The molecule has 2 aromatic carbocycles. The molecule has 29 heavy (non-hydrogen) atoms. The van der Waals surface area contributed by atoms with Crippen molar-refractivity contribution in [2.45, 2.75) is 13.0 Å². The van der Waals surface area contributed by atoms with Gasteiger partial charge in [0.15, 0.2) is 0 Å². The molecule has 0 atom stereocenters. The van der Waals surface area contributed by atoms with Crippen LogP contribution in [-0.4, -0.2) is 30.6 Å². The van der Waals surface area contributed by atoms with Crippen LogP contribution in [0.4, 0.5) is 10.7 Å². The van der Waals surface area contributed by atoms with E-state index in [0.717, 1.165) is 45.8 Å². The van der Waals surface area contributed by atoms with Gasteiger partial charge >= 0.3 is 0 Å². The van der Waals surface area contributed by atoms with E-state index in [4.69, 9.17) is 16.6 Å². The van der Waals surface area contributed by atoms with Gasteiger partial charge in [-0.2, -0.15) is 0 Å². The van der Waals surface area contributed by atoms with Crippen molar-refractivity contribution in [1.29, 1.82) is 0 Å². The van der Waals surface area contributed by atoms with Gasteiger partial charge in [0.25, 0.3) is 5.91 Å². The predicted octanol–water partition coefficient (Wildman–Crippen LogP) is 6.15. The lowest BCUT2D eigenvalue weighted by Crippen LogP contribution is -2.26. The molecular weight excluding hydrogens is 470 g/mol. The zero-order chi connectivity index (χ0) is 20.4. The maximum atomic E-state index is 13.2. The van der Waals surface area contributed by atoms with Crippen molar-refractivity contribution in [3.63, 3.8) is 0 Å². The molecule has 0 radical (unpaired) electrons. The molecule has 3 aromatic rings. The Labute approximate surface area is 187 Å². The zero-order valence-corrected chi connectivity index (χ0v) is 18.9. The number of hydrogen-bond donors (Lipinski definition) is 1. The van der Waals surface area contributed by atoms with E-state index in [0.29, 0.717) is 10.6 Å². The molecule has 0 saturated heterocycles. The van der Waals surface area contributed by atoms with Crippen molar-refractivity contribution in [2.24, 2.45) is 4.99 Å². The summed E-state index contributed by atoms with van der Waals surface area (Å²) in [5.74, 6) is -0.127. The number of carbonyl (C=O) groups excluding carboxylic acids is 1. The maximum absolute atomic E-state index is 13.2. The molecule has 7 heteroatoms. The number of benzene rings is 2. The number of nitrogens with one attached hydrogen (secondary N) is 1. The standard InChI is InChI=1S/C22H19BrClN3OS/c1-27-11-10-18-19(13-27)29-22(25-12-14-2-4-15(23)5-3-14)20(18)21(28)26-17-8-6-16(24)7-9-17/h2-9,12H,10-11,13H2,1H3,(H,26,28). The van der Waals surface area contributed by atoms with E-state index in [1.807, 2.05) is 30.5 Å². The Balaban J connectivity index is 1.67. The summed E-state index contributed by atoms with van der Waals surface area (Å²) in [5.41, 5.74) is 3.50. The third-order valence-corrected chi connectivity index (χ3v) is 6.66. The molecule has 1 aliphatic rings. The third-order valence-electron chi connectivity index (χ3n) is 4.76. The van der Waals surface area contributed by atoms with Gasteiger partial charge in [-0.1, -0.05) is 39.7 Å². The molecule has 2 heterocycles. The number of nitrogens with zero attached hydrogens (tertiary/aromatic N) is 2. The molecule has 4 nitrogen and oxygen atoms in total. The van der Waals surface area contributed by atoms with Gasteiger partial charge < -0.3 is 10.2 Å². The predicted molar refractivity (Wildman–Crippen MR) is 125 cm³/mol. The molecule has 0 fully saturated rings. The lowest BCUT2D eigenvalue weighted by atomic mass is 10.0. The van der Waals surface area contributed by atoms with Gasteiger partial charge in [0.1, 0.15) is 5.00 Å². The topological polar surface area (TPSA) is 44.7 Å². The molecule has 0 spiro atoms. The summed E-state index contributed by atoms with van der Waals surface area (Å²) in [7, 11) is 2.10. The lowest BCUT2D eigenvalue weighted by molar-refractivity contribution is 0.102. The Morgan fingerprint density at radius 2 is 1.93 bits per heavy atom.